The Bertz CT molecular complexity index is 1490. The van der Waals surface area contributed by atoms with Crippen molar-refractivity contribution in [1.82, 2.24) is 0 Å². The Morgan fingerprint density at radius 2 is 0.882 bits per heavy atom. The third-order valence-electron chi connectivity index (χ3n) is 6.64. The smallest absolute Gasteiger partial charge is 0.0991 e. The molecule has 0 saturated carbocycles. The first-order valence-corrected chi connectivity index (χ1v) is 13.2. The standard InChI is InChI=1S/C32H22NP/c33-23-24-20-21-29-28-18-10-11-19-30(28)32(31(29)22-24)34(25-12-4-1-5-13-25,26-14-6-2-7-15-26)27-16-8-3-9-17-27/h1-22H. The van der Waals surface area contributed by atoms with Gasteiger partial charge < -0.3 is 0 Å². The van der Waals surface area contributed by atoms with E-state index in [2.05, 4.69) is 133 Å². The predicted molar refractivity (Wildman–Crippen MR) is 145 cm³/mol. The van der Waals surface area contributed by atoms with Gasteiger partial charge in [-0.25, -0.2) is 0 Å². The van der Waals surface area contributed by atoms with E-state index in [1.165, 1.54) is 43.5 Å². The number of nitriles is 1. The molecule has 0 aliphatic heterocycles. The molecule has 0 amide bonds. The van der Waals surface area contributed by atoms with E-state index in [1.807, 2.05) is 6.07 Å². The van der Waals surface area contributed by atoms with Gasteiger partial charge in [0.2, 0.25) is 0 Å². The molecule has 5 aromatic rings. The van der Waals surface area contributed by atoms with Crippen LogP contribution in [0, 0.1) is 11.3 Å². The summed E-state index contributed by atoms with van der Waals surface area (Å²) in [5, 5.41) is 15.0. The van der Waals surface area contributed by atoms with Gasteiger partial charge in [0.15, 0.2) is 0 Å². The van der Waals surface area contributed by atoms with Crippen LogP contribution in [0.5, 0.6) is 0 Å². The fourth-order valence-electron chi connectivity index (χ4n) is 5.26. The van der Waals surface area contributed by atoms with Crippen molar-refractivity contribution in [1.29, 1.82) is 5.26 Å². The molecular formula is C32H22NP. The van der Waals surface area contributed by atoms with Gasteiger partial charge in [0, 0.05) is 5.29 Å². The molecule has 0 bridgehead atoms. The second-order valence-corrected chi connectivity index (χ2v) is 11.8. The quantitative estimate of drug-likeness (QED) is 0.298. The van der Waals surface area contributed by atoms with E-state index in [9.17, 15) is 5.26 Å². The highest BCUT2D eigenvalue weighted by Crippen LogP contribution is 2.53. The zero-order valence-corrected chi connectivity index (χ0v) is 19.5. The van der Waals surface area contributed by atoms with Gasteiger partial charge in [0.1, 0.15) is 0 Å². The van der Waals surface area contributed by atoms with Crippen molar-refractivity contribution in [3.8, 4) is 17.2 Å². The predicted octanol–water partition coefficient (Wildman–Crippen LogP) is 6.10. The Labute approximate surface area is 200 Å². The van der Waals surface area contributed by atoms with Crippen LogP contribution in [0.4, 0.5) is 0 Å². The second kappa shape index (κ2) is 8.35. The minimum atomic E-state index is -2.29. The summed E-state index contributed by atoms with van der Waals surface area (Å²) in [4.78, 5) is 0. The largest absolute Gasteiger partial charge is 0.192 e. The van der Waals surface area contributed by atoms with Gasteiger partial charge in [-0.1, -0.05) is 121 Å². The topological polar surface area (TPSA) is 23.8 Å². The molecule has 0 saturated heterocycles. The van der Waals surface area contributed by atoms with Crippen molar-refractivity contribution < 1.29 is 0 Å². The summed E-state index contributed by atoms with van der Waals surface area (Å²) in [5.41, 5.74) is 5.57. The third kappa shape index (κ3) is 3.01. The average molecular weight is 452 g/mol. The highest BCUT2D eigenvalue weighted by Gasteiger charge is 2.36. The molecule has 0 spiro atoms. The normalized spacial score (nSPS) is 12.0. The van der Waals surface area contributed by atoms with Crippen LogP contribution in [0.3, 0.4) is 0 Å². The third-order valence-corrected chi connectivity index (χ3v) is 11.0. The molecule has 1 aliphatic rings. The van der Waals surface area contributed by atoms with Gasteiger partial charge in [-0.15, -0.1) is 0 Å². The zero-order valence-electron chi connectivity index (χ0n) is 18.6. The van der Waals surface area contributed by atoms with Gasteiger partial charge in [-0.3, -0.25) is 0 Å². The van der Waals surface area contributed by atoms with Crippen LogP contribution in [0.2, 0.25) is 0 Å². The molecule has 0 radical (unpaired) electrons. The molecule has 0 N–H and O–H groups in total. The van der Waals surface area contributed by atoms with Crippen LogP contribution in [-0.2, 0) is 0 Å². The van der Waals surface area contributed by atoms with Gasteiger partial charge in [-0.05, 0) is 57.2 Å². The molecule has 5 aromatic carbocycles. The van der Waals surface area contributed by atoms with Crippen LogP contribution in [0.1, 0.15) is 16.7 Å². The summed E-state index contributed by atoms with van der Waals surface area (Å²) < 4.78 is 0. The van der Waals surface area contributed by atoms with Gasteiger partial charge in [0.25, 0.3) is 0 Å². The van der Waals surface area contributed by atoms with E-state index in [1.54, 1.807) is 0 Å². The summed E-state index contributed by atoms with van der Waals surface area (Å²) in [7, 11) is 0. The maximum Gasteiger partial charge on any atom is 0.0991 e. The molecule has 6 rings (SSSR count). The lowest BCUT2D eigenvalue weighted by Crippen LogP contribution is -2.30. The van der Waals surface area contributed by atoms with Crippen molar-refractivity contribution in [2.75, 3.05) is 0 Å². The van der Waals surface area contributed by atoms with Crippen LogP contribution >= 0.6 is 6.89 Å². The van der Waals surface area contributed by atoms with Crippen molar-refractivity contribution in [2.45, 2.75) is 0 Å². The molecule has 1 nitrogen and oxygen atoms in total. The lowest BCUT2D eigenvalue weighted by molar-refractivity contribution is 1.48. The first-order chi connectivity index (χ1) is 16.8. The van der Waals surface area contributed by atoms with Crippen LogP contribution in [0.15, 0.2) is 133 Å². The monoisotopic (exact) mass is 451 g/mol. The molecule has 1 aliphatic carbocycles. The minimum Gasteiger partial charge on any atom is -0.192 e. The number of benzene rings is 5. The first-order valence-electron chi connectivity index (χ1n) is 11.4. The van der Waals surface area contributed by atoms with Crippen molar-refractivity contribution in [2.24, 2.45) is 0 Å². The molecule has 0 aromatic heterocycles. The second-order valence-electron chi connectivity index (χ2n) is 8.44. The summed E-state index contributed by atoms with van der Waals surface area (Å²) >= 11 is 0. The maximum absolute atomic E-state index is 9.78. The maximum atomic E-state index is 9.78. The van der Waals surface area contributed by atoms with Gasteiger partial charge >= 0.3 is 0 Å². The molecule has 160 valence electrons. The Hall–Kier alpha value is -4.11. The van der Waals surface area contributed by atoms with Crippen LogP contribution in [-0.4, -0.2) is 5.29 Å². The van der Waals surface area contributed by atoms with E-state index in [0.717, 1.165) is 0 Å². The fourth-order valence-corrected chi connectivity index (χ4v) is 9.89. The van der Waals surface area contributed by atoms with Crippen molar-refractivity contribution >= 4 is 28.1 Å². The van der Waals surface area contributed by atoms with Crippen LogP contribution < -0.4 is 15.9 Å². The summed E-state index contributed by atoms with van der Waals surface area (Å²) in [6, 6.07) is 50.0. The van der Waals surface area contributed by atoms with Gasteiger partial charge in [-0.2, -0.15) is 5.26 Å². The number of hydrogen-bond acceptors (Lipinski definition) is 1. The molecule has 0 heterocycles. The van der Waals surface area contributed by atoms with E-state index in [0.29, 0.717) is 5.56 Å². The Kier molecular flexibility index (Phi) is 5.03. The highest BCUT2D eigenvalue weighted by molar-refractivity contribution is 7.96. The number of rotatable bonds is 3. The molecular weight excluding hydrogens is 429 g/mol. The van der Waals surface area contributed by atoms with E-state index < -0.39 is 6.89 Å². The summed E-state index contributed by atoms with van der Waals surface area (Å²) in [6.07, 6.45) is 0. The summed E-state index contributed by atoms with van der Waals surface area (Å²) in [6.45, 7) is -2.29. The molecule has 0 fully saturated rings. The minimum absolute atomic E-state index is 0.691. The lowest BCUT2D eigenvalue weighted by Gasteiger charge is -2.32. The number of nitrogens with zero attached hydrogens (tertiary/aromatic N) is 1. The molecule has 0 unspecified atom stereocenters. The number of fused-ring (bicyclic) bond motifs is 3. The zero-order chi connectivity index (χ0) is 23.0. The first kappa shape index (κ1) is 20.5. The number of hydrogen-bond donors (Lipinski definition) is 0. The molecule has 2 heteroatoms. The Morgan fingerprint density at radius 1 is 0.441 bits per heavy atom. The Balaban J connectivity index is 1.94. The van der Waals surface area contributed by atoms with Crippen LogP contribution in [0.25, 0.3) is 11.1 Å². The summed E-state index contributed by atoms with van der Waals surface area (Å²) in [5.74, 6) is 0. The Morgan fingerprint density at radius 3 is 1.38 bits per heavy atom. The lowest BCUT2D eigenvalue weighted by atomic mass is 10.0. The highest BCUT2D eigenvalue weighted by atomic mass is 31.2. The van der Waals surface area contributed by atoms with Crippen molar-refractivity contribution in [3.05, 3.63) is 150 Å². The SMILES string of the molecule is N#Cc1ccc2c(c1)C(=P(c1ccccc1)(c1ccccc1)c1ccccc1)c1ccccc1-2. The molecule has 34 heavy (non-hydrogen) atoms. The van der Waals surface area contributed by atoms with E-state index in [4.69, 9.17) is 0 Å². The average Bonchev–Trinajstić information content (AvgIpc) is 3.25. The van der Waals surface area contributed by atoms with E-state index in [-0.39, 0.29) is 0 Å². The fraction of sp³-hybridized carbons (Fsp3) is 0. The van der Waals surface area contributed by atoms with Gasteiger partial charge in [0.05, 0.1) is 11.6 Å². The molecule has 0 atom stereocenters. The van der Waals surface area contributed by atoms with E-state index >= 15 is 0 Å². The van der Waals surface area contributed by atoms with Crippen molar-refractivity contribution in [3.63, 3.8) is 0 Å².